The van der Waals surface area contributed by atoms with Crippen molar-refractivity contribution in [3.63, 3.8) is 0 Å². The highest BCUT2D eigenvalue weighted by molar-refractivity contribution is 5.94. The van der Waals surface area contributed by atoms with E-state index >= 15 is 0 Å². The highest BCUT2D eigenvalue weighted by Gasteiger charge is 2.41. The average Bonchev–Trinajstić information content (AvgIpc) is 3.98. The third kappa shape index (κ3) is 8.12. The highest BCUT2D eigenvalue weighted by Crippen LogP contribution is 2.40. The standard InChI is InChI=1S/2C22H23NO4/c2*1-26-19-10-9-16-7-8-17(20(16)13-19)12-21(24)23-18(14-27-22(23)25)11-15-5-3-2-4-6-15/h2*2-6,9-10,13,17-18H,7-8,11-12,14H2,1H3/t17-,18+;17-,18-/m01/s1. The SMILES string of the molecule is COc1ccc2c(c1)[C@@H](CC(=O)N1C(=O)OC[C@H]1Cc1ccccc1)CC2.COc1ccc2c(c1)[C@H](CC(=O)N1C(=O)OC[C@H]1Cc1ccccc1)CC2. The Hall–Kier alpha value is -5.64. The molecule has 0 saturated carbocycles. The zero-order valence-electron chi connectivity index (χ0n) is 30.8. The van der Waals surface area contributed by atoms with Gasteiger partial charge in [-0.25, -0.2) is 19.4 Å². The second kappa shape index (κ2) is 16.6. The Morgan fingerprint density at radius 2 is 1.02 bits per heavy atom. The van der Waals surface area contributed by atoms with Gasteiger partial charge in [-0.3, -0.25) is 9.59 Å². The fourth-order valence-corrected chi connectivity index (χ4v) is 8.23. The molecule has 2 saturated heterocycles. The van der Waals surface area contributed by atoms with Gasteiger partial charge in [0.05, 0.1) is 26.3 Å². The van der Waals surface area contributed by atoms with Gasteiger partial charge in [-0.2, -0.15) is 0 Å². The van der Waals surface area contributed by atoms with E-state index in [-0.39, 0.29) is 48.9 Å². The van der Waals surface area contributed by atoms with Gasteiger partial charge in [0.2, 0.25) is 11.8 Å². The van der Waals surface area contributed by atoms with E-state index < -0.39 is 12.2 Å². The lowest BCUT2D eigenvalue weighted by Gasteiger charge is -2.21. The van der Waals surface area contributed by atoms with Crippen LogP contribution in [0.1, 0.15) is 70.9 Å². The molecule has 0 unspecified atom stereocenters. The first-order chi connectivity index (χ1) is 26.3. The van der Waals surface area contributed by atoms with Crippen LogP contribution in [0.5, 0.6) is 11.5 Å². The van der Waals surface area contributed by atoms with Crippen molar-refractivity contribution in [3.05, 3.63) is 130 Å². The maximum Gasteiger partial charge on any atom is 0.416 e. The van der Waals surface area contributed by atoms with Crippen molar-refractivity contribution < 1.29 is 38.1 Å². The molecule has 2 heterocycles. The number of hydrogen-bond acceptors (Lipinski definition) is 8. The lowest BCUT2D eigenvalue weighted by molar-refractivity contribution is -0.130. The number of benzene rings is 4. The molecule has 10 heteroatoms. The molecule has 4 aliphatic rings. The molecule has 280 valence electrons. The first kappa shape index (κ1) is 36.7. The minimum absolute atomic E-state index is 0.119. The number of methoxy groups -OCH3 is 2. The van der Waals surface area contributed by atoms with E-state index in [1.165, 1.54) is 20.9 Å². The van der Waals surface area contributed by atoms with E-state index in [1.807, 2.05) is 84.9 Å². The number of hydrogen-bond donors (Lipinski definition) is 0. The summed E-state index contributed by atoms with van der Waals surface area (Å²) in [7, 11) is 3.29. The third-order valence-electron chi connectivity index (χ3n) is 11.0. The van der Waals surface area contributed by atoms with Gasteiger partial charge in [0.1, 0.15) is 24.7 Å². The van der Waals surface area contributed by atoms with Gasteiger partial charge < -0.3 is 18.9 Å². The van der Waals surface area contributed by atoms with Crippen molar-refractivity contribution in [1.29, 1.82) is 0 Å². The lowest BCUT2D eigenvalue weighted by Crippen LogP contribution is -2.40. The zero-order valence-corrected chi connectivity index (χ0v) is 30.8. The molecule has 4 amide bonds. The fourth-order valence-electron chi connectivity index (χ4n) is 8.23. The number of rotatable bonds is 10. The van der Waals surface area contributed by atoms with Gasteiger partial charge >= 0.3 is 12.2 Å². The second-order valence-corrected chi connectivity index (χ2v) is 14.4. The summed E-state index contributed by atoms with van der Waals surface area (Å²) in [5.41, 5.74) is 7.03. The Morgan fingerprint density at radius 3 is 1.41 bits per heavy atom. The lowest BCUT2D eigenvalue weighted by atomic mass is 9.96. The van der Waals surface area contributed by atoms with Crippen molar-refractivity contribution in [2.45, 2.75) is 75.3 Å². The van der Waals surface area contributed by atoms with Crippen molar-refractivity contribution in [2.75, 3.05) is 27.4 Å². The number of ether oxygens (including phenoxy) is 4. The third-order valence-corrected chi connectivity index (χ3v) is 11.0. The van der Waals surface area contributed by atoms with E-state index in [0.717, 1.165) is 59.4 Å². The Kier molecular flexibility index (Phi) is 11.3. The molecular formula is C44H46N2O8. The number of amides is 4. The van der Waals surface area contributed by atoms with Crippen LogP contribution in [-0.4, -0.2) is 73.3 Å². The molecule has 8 rings (SSSR count). The van der Waals surface area contributed by atoms with Gasteiger partial charge in [-0.05, 0) is 108 Å². The van der Waals surface area contributed by atoms with Crippen LogP contribution in [0, 0.1) is 0 Å². The molecule has 0 N–H and O–H groups in total. The molecule has 0 radical (unpaired) electrons. The summed E-state index contributed by atoms with van der Waals surface area (Å²) in [4.78, 5) is 53.0. The minimum Gasteiger partial charge on any atom is -0.497 e. The van der Waals surface area contributed by atoms with Crippen LogP contribution < -0.4 is 9.47 Å². The van der Waals surface area contributed by atoms with Gasteiger partial charge in [-0.15, -0.1) is 0 Å². The van der Waals surface area contributed by atoms with E-state index in [0.29, 0.717) is 25.7 Å². The van der Waals surface area contributed by atoms with Crippen molar-refractivity contribution in [2.24, 2.45) is 0 Å². The number of imide groups is 2. The number of aryl methyl sites for hydroxylation is 2. The highest BCUT2D eigenvalue weighted by atomic mass is 16.6. The van der Waals surface area contributed by atoms with Gasteiger partial charge in [0.15, 0.2) is 0 Å². The largest absolute Gasteiger partial charge is 0.497 e. The van der Waals surface area contributed by atoms with Crippen LogP contribution in [-0.2, 0) is 44.7 Å². The summed E-state index contributed by atoms with van der Waals surface area (Å²) < 4.78 is 21.0. The summed E-state index contributed by atoms with van der Waals surface area (Å²) in [6.45, 7) is 0.517. The minimum atomic E-state index is -0.523. The molecule has 2 aliphatic carbocycles. The molecule has 0 spiro atoms. The van der Waals surface area contributed by atoms with Crippen molar-refractivity contribution >= 4 is 24.0 Å². The summed E-state index contributed by atoms with van der Waals surface area (Å²) in [6, 6.07) is 31.4. The quantitative estimate of drug-likeness (QED) is 0.166. The number of cyclic esters (lactones) is 2. The van der Waals surface area contributed by atoms with Crippen LogP contribution in [0.25, 0.3) is 0 Å². The molecule has 2 fully saturated rings. The van der Waals surface area contributed by atoms with E-state index in [1.54, 1.807) is 14.2 Å². The molecule has 4 aromatic carbocycles. The first-order valence-corrected chi connectivity index (χ1v) is 18.7. The normalized spacial score (nSPS) is 21.1. The smallest absolute Gasteiger partial charge is 0.416 e. The van der Waals surface area contributed by atoms with Crippen LogP contribution in [0.15, 0.2) is 97.1 Å². The molecule has 2 aliphatic heterocycles. The Morgan fingerprint density at radius 1 is 0.611 bits per heavy atom. The van der Waals surface area contributed by atoms with Crippen LogP contribution >= 0.6 is 0 Å². The molecule has 0 bridgehead atoms. The molecule has 4 atom stereocenters. The second-order valence-electron chi connectivity index (χ2n) is 14.4. The van der Waals surface area contributed by atoms with Gasteiger partial charge in [0.25, 0.3) is 0 Å². The van der Waals surface area contributed by atoms with Gasteiger partial charge in [-0.1, -0.05) is 72.8 Å². The predicted octanol–water partition coefficient (Wildman–Crippen LogP) is 7.41. The van der Waals surface area contributed by atoms with Crippen LogP contribution in [0.4, 0.5) is 9.59 Å². The Labute approximate surface area is 316 Å². The van der Waals surface area contributed by atoms with Crippen LogP contribution in [0.3, 0.4) is 0 Å². The summed E-state index contributed by atoms with van der Waals surface area (Å²) >= 11 is 0. The van der Waals surface area contributed by atoms with Crippen molar-refractivity contribution in [3.8, 4) is 11.5 Å². The fraction of sp³-hybridized carbons (Fsp3) is 0.364. The number of carbonyl (C=O) groups excluding carboxylic acids is 4. The predicted molar refractivity (Wildman–Crippen MR) is 202 cm³/mol. The molecule has 10 nitrogen and oxygen atoms in total. The average molecular weight is 731 g/mol. The Balaban J connectivity index is 0.000000167. The Bertz CT molecular complexity index is 1840. The first-order valence-electron chi connectivity index (χ1n) is 18.7. The molecule has 54 heavy (non-hydrogen) atoms. The maximum absolute atomic E-state index is 13.0. The summed E-state index contributed by atoms with van der Waals surface area (Å²) in [6.07, 6.45) is 4.57. The number of carbonyl (C=O) groups is 4. The monoisotopic (exact) mass is 730 g/mol. The zero-order chi connectivity index (χ0) is 37.6. The summed E-state index contributed by atoms with van der Waals surface area (Å²) in [5, 5.41) is 0. The molecular weight excluding hydrogens is 684 g/mol. The summed E-state index contributed by atoms with van der Waals surface area (Å²) in [5.74, 6) is 1.53. The number of nitrogens with zero attached hydrogens (tertiary/aromatic N) is 2. The van der Waals surface area contributed by atoms with Crippen LogP contribution in [0.2, 0.25) is 0 Å². The van der Waals surface area contributed by atoms with E-state index in [9.17, 15) is 19.2 Å². The van der Waals surface area contributed by atoms with Crippen molar-refractivity contribution in [1.82, 2.24) is 9.80 Å². The maximum atomic E-state index is 13.0. The number of fused-ring (bicyclic) bond motifs is 2. The van der Waals surface area contributed by atoms with Gasteiger partial charge in [0, 0.05) is 12.8 Å². The van der Waals surface area contributed by atoms with E-state index in [4.69, 9.17) is 18.9 Å². The molecule has 4 aromatic rings. The molecule has 0 aromatic heterocycles. The van der Waals surface area contributed by atoms with E-state index in [2.05, 4.69) is 12.1 Å². The topological polar surface area (TPSA) is 112 Å².